The number of hydrogen-bond acceptors (Lipinski definition) is 2. The van der Waals surface area contributed by atoms with Gasteiger partial charge in [-0.15, -0.1) is 0 Å². The fourth-order valence-electron chi connectivity index (χ4n) is 2.34. The van der Waals surface area contributed by atoms with Crippen LogP contribution in [0.25, 0.3) is 0 Å². The van der Waals surface area contributed by atoms with Gasteiger partial charge in [-0.05, 0) is 42.2 Å². The molecular formula is C17H19ClN2O. The van der Waals surface area contributed by atoms with Gasteiger partial charge in [0.05, 0.1) is 17.8 Å². The number of aromatic nitrogens is 1. The van der Waals surface area contributed by atoms with E-state index in [0.29, 0.717) is 5.02 Å². The summed E-state index contributed by atoms with van der Waals surface area (Å²) in [6.45, 7) is 6.00. The molecular weight excluding hydrogens is 284 g/mol. The van der Waals surface area contributed by atoms with Gasteiger partial charge in [-0.2, -0.15) is 0 Å². The minimum atomic E-state index is -0.247. The number of carbonyl (C=O) groups excluding carboxylic acids is 1. The van der Waals surface area contributed by atoms with Gasteiger partial charge in [-0.25, -0.2) is 0 Å². The number of anilines is 1. The molecule has 0 aliphatic heterocycles. The van der Waals surface area contributed by atoms with Crippen LogP contribution in [0.5, 0.6) is 0 Å². The van der Waals surface area contributed by atoms with E-state index in [9.17, 15) is 4.79 Å². The Labute approximate surface area is 130 Å². The summed E-state index contributed by atoms with van der Waals surface area (Å²) in [6.07, 6.45) is 3.38. The molecule has 21 heavy (non-hydrogen) atoms. The number of hydrogen-bond donors (Lipinski definition) is 1. The Kier molecular flexibility index (Phi) is 4.97. The van der Waals surface area contributed by atoms with Gasteiger partial charge in [-0.1, -0.05) is 37.6 Å². The summed E-state index contributed by atoms with van der Waals surface area (Å²) in [7, 11) is 0. The highest BCUT2D eigenvalue weighted by Gasteiger charge is 2.24. The van der Waals surface area contributed by atoms with Crippen molar-refractivity contribution in [3.8, 4) is 0 Å². The molecule has 110 valence electrons. The van der Waals surface area contributed by atoms with Crippen LogP contribution in [-0.4, -0.2) is 10.9 Å². The average Bonchev–Trinajstić information content (AvgIpc) is 2.41. The molecule has 2 rings (SSSR count). The molecule has 0 spiro atoms. The lowest BCUT2D eigenvalue weighted by Gasteiger charge is -2.21. The summed E-state index contributed by atoms with van der Waals surface area (Å²) in [4.78, 5) is 16.7. The van der Waals surface area contributed by atoms with Gasteiger partial charge in [0.15, 0.2) is 0 Å². The summed E-state index contributed by atoms with van der Waals surface area (Å²) in [5.74, 6) is -0.118. The number of benzene rings is 1. The lowest BCUT2D eigenvalue weighted by Crippen LogP contribution is -2.25. The van der Waals surface area contributed by atoms with Gasteiger partial charge >= 0.3 is 0 Å². The molecule has 1 amide bonds. The van der Waals surface area contributed by atoms with E-state index >= 15 is 0 Å². The van der Waals surface area contributed by atoms with E-state index in [1.165, 1.54) is 0 Å². The molecule has 1 aromatic carbocycles. The smallest absolute Gasteiger partial charge is 0.232 e. The molecule has 0 fully saturated rings. The number of aryl methyl sites for hydroxylation is 1. The minimum Gasteiger partial charge on any atom is -0.324 e. The summed E-state index contributed by atoms with van der Waals surface area (Å²) in [5.41, 5.74) is 2.67. The van der Waals surface area contributed by atoms with Crippen molar-refractivity contribution in [2.45, 2.75) is 26.7 Å². The molecule has 1 aromatic heterocycles. The van der Waals surface area contributed by atoms with Crippen molar-refractivity contribution in [1.82, 2.24) is 4.98 Å². The third kappa shape index (κ3) is 3.82. The second kappa shape index (κ2) is 6.72. The molecule has 1 atom stereocenters. The van der Waals surface area contributed by atoms with Crippen LogP contribution in [0.15, 0.2) is 42.7 Å². The first-order chi connectivity index (χ1) is 9.99. The van der Waals surface area contributed by atoms with Crippen molar-refractivity contribution in [2.24, 2.45) is 5.92 Å². The van der Waals surface area contributed by atoms with E-state index < -0.39 is 0 Å². The third-order valence-electron chi connectivity index (χ3n) is 3.45. The zero-order chi connectivity index (χ0) is 15.4. The SMILES string of the molecule is Cc1ccncc1NC(=O)C(c1cccc(Cl)c1)C(C)C. The molecule has 2 aromatic rings. The Bertz CT molecular complexity index is 640. The van der Waals surface area contributed by atoms with E-state index in [4.69, 9.17) is 11.6 Å². The number of carbonyl (C=O) groups is 1. The van der Waals surface area contributed by atoms with Crippen LogP contribution in [0.3, 0.4) is 0 Å². The van der Waals surface area contributed by atoms with Crippen LogP contribution in [0, 0.1) is 12.8 Å². The highest BCUT2D eigenvalue weighted by atomic mass is 35.5. The third-order valence-corrected chi connectivity index (χ3v) is 3.69. The Morgan fingerprint density at radius 3 is 2.67 bits per heavy atom. The van der Waals surface area contributed by atoms with Crippen molar-refractivity contribution < 1.29 is 4.79 Å². The summed E-state index contributed by atoms with van der Waals surface area (Å²) in [5, 5.41) is 3.61. The highest BCUT2D eigenvalue weighted by molar-refractivity contribution is 6.30. The van der Waals surface area contributed by atoms with Gasteiger partial charge in [0.25, 0.3) is 0 Å². The normalized spacial score (nSPS) is 12.2. The van der Waals surface area contributed by atoms with E-state index in [-0.39, 0.29) is 17.7 Å². The van der Waals surface area contributed by atoms with Gasteiger partial charge in [0.2, 0.25) is 5.91 Å². The number of amides is 1. The molecule has 0 saturated carbocycles. The summed E-state index contributed by atoms with van der Waals surface area (Å²) in [6, 6.07) is 9.34. The Balaban J connectivity index is 2.27. The molecule has 1 N–H and O–H groups in total. The first kappa shape index (κ1) is 15.5. The summed E-state index contributed by atoms with van der Waals surface area (Å²) >= 11 is 6.04. The topological polar surface area (TPSA) is 42.0 Å². The maximum Gasteiger partial charge on any atom is 0.232 e. The van der Waals surface area contributed by atoms with Crippen molar-refractivity contribution in [2.75, 3.05) is 5.32 Å². The van der Waals surface area contributed by atoms with Gasteiger partial charge in [0, 0.05) is 11.2 Å². The van der Waals surface area contributed by atoms with E-state index in [1.807, 2.05) is 51.1 Å². The lowest BCUT2D eigenvalue weighted by atomic mass is 9.87. The van der Waals surface area contributed by atoms with Crippen molar-refractivity contribution in [3.05, 3.63) is 58.9 Å². The van der Waals surface area contributed by atoms with Gasteiger partial charge in [0.1, 0.15) is 0 Å². The number of pyridine rings is 1. The predicted molar refractivity (Wildman–Crippen MR) is 86.6 cm³/mol. The number of nitrogens with one attached hydrogen (secondary N) is 1. The molecule has 3 nitrogen and oxygen atoms in total. The van der Waals surface area contributed by atoms with Crippen molar-refractivity contribution in [3.63, 3.8) is 0 Å². The van der Waals surface area contributed by atoms with E-state index in [2.05, 4.69) is 10.3 Å². The molecule has 0 radical (unpaired) electrons. The van der Waals surface area contributed by atoms with Crippen LogP contribution in [0.1, 0.15) is 30.9 Å². The zero-order valence-electron chi connectivity index (χ0n) is 12.4. The van der Waals surface area contributed by atoms with Gasteiger partial charge < -0.3 is 5.32 Å². The van der Waals surface area contributed by atoms with E-state index in [0.717, 1.165) is 16.8 Å². The molecule has 1 unspecified atom stereocenters. The Morgan fingerprint density at radius 2 is 2.05 bits per heavy atom. The predicted octanol–water partition coefficient (Wildman–Crippen LogP) is 4.42. The zero-order valence-corrected chi connectivity index (χ0v) is 13.2. The number of halogens is 1. The largest absolute Gasteiger partial charge is 0.324 e. The standard InChI is InChI=1S/C17H19ClN2O/c1-11(2)16(13-5-4-6-14(18)9-13)17(21)20-15-10-19-8-7-12(15)3/h4-11,16H,1-3H3,(H,20,21). The maximum absolute atomic E-state index is 12.6. The highest BCUT2D eigenvalue weighted by Crippen LogP contribution is 2.28. The Morgan fingerprint density at radius 1 is 1.29 bits per heavy atom. The number of nitrogens with zero attached hydrogens (tertiary/aromatic N) is 1. The molecule has 1 heterocycles. The Hall–Kier alpha value is -1.87. The molecule has 0 saturated heterocycles. The van der Waals surface area contributed by atoms with Crippen LogP contribution < -0.4 is 5.32 Å². The fourth-order valence-corrected chi connectivity index (χ4v) is 2.54. The quantitative estimate of drug-likeness (QED) is 0.908. The van der Waals surface area contributed by atoms with Gasteiger partial charge in [-0.3, -0.25) is 9.78 Å². The molecule has 0 bridgehead atoms. The van der Waals surface area contributed by atoms with Crippen molar-refractivity contribution in [1.29, 1.82) is 0 Å². The molecule has 0 aliphatic rings. The minimum absolute atomic E-state index is 0.0385. The lowest BCUT2D eigenvalue weighted by molar-refractivity contribution is -0.118. The first-order valence-electron chi connectivity index (χ1n) is 6.96. The summed E-state index contributed by atoms with van der Waals surface area (Å²) < 4.78 is 0. The van der Waals surface area contributed by atoms with Crippen molar-refractivity contribution >= 4 is 23.2 Å². The van der Waals surface area contributed by atoms with Crippen LogP contribution in [0.2, 0.25) is 5.02 Å². The number of rotatable bonds is 4. The molecule has 4 heteroatoms. The van der Waals surface area contributed by atoms with Crippen LogP contribution in [0.4, 0.5) is 5.69 Å². The maximum atomic E-state index is 12.6. The second-order valence-corrected chi connectivity index (χ2v) is 5.89. The average molecular weight is 303 g/mol. The van der Waals surface area contributed by atoms with Crippen LogP contribution in [-0.2, 0) is 4.79 Å². The van der Waals surface area contributed by atoms with E-state index in [1.54, 1.807) is 12.4 Å². The monoisotopic (exact) mass is 302 g/mol. The van der Waals surface area contributed by atoms with Crippen LogP contribution >= 0.6 is 11.6 Å². The fraction of sp³-hybridized carbons (Fsp3) is 0.294. The molecule has 0 aliphatic carbocycles. The first-order valence-corrected chi connectivity index (χ1v) is 7.33. The second-order valence-electron chi connectivity index (χ2n) is 5.46.